The summed E-state index contributed by atoms with van der Waals surface area (Å²) in [5, 5.41) is 2.90. The van der Waals surface area contributed by atoms with Gasteiger partial charge in [0.1, 0.15) is 0 Å². The number of amides is 1. The summed E-state index contributed by atoms with van der Waals surface area (Å²) in [5.41, 5.74) is 0.571. The molecule has 1 amide bonds. The number of rotatable bonds is 2. The normalized spacial score (nSPS) is 9.75. The van der Waals surface area contributed by atoms with Gasteiger partial charge >= 0.3 is 5.97 Å². The first-order chi connectivity index (χ1) is 7.45. The fourth-order valence-electron chi connectivity index (χ4n) is 1.12. The maximum Gasteiger partial charge on any atom is 0.340 e. The highest BCUT2D eigenvalue weighted by Gasteiger charge is 2.15. The molecule has 0 spiro atoms. The van der Waals surface area contributed by atoms with Crippen molar-refractivity contribution in [2.24, 2.45) is 0 Å². The van der Waals surface area contributed by atoms with Crippen LogP contribution in [0.15, 0.2) is 16.6 Å². The second-order valence-electron chi connectivity index (χ2n) is 2.98. The molecule has 0 aliphatic heterocycles. The summed E-state index contributed by atoms with van der Waals surface area (Å²) in [6.45, 7) is 1.35. The molecule has 0 fully saturated rings. The molecule has 0 radical (unpaired) electrons. The van der Waals surface area contributed by atoms with Crippen LogP contribution < -0.4 is 5.32 Å². The topological polar surface area (TPSA) is 55.4 Å². The van der Waals surface area contributed by atoms with Gasteiger partial charge in [-0.05, 0) is 28.1 Å². The first kappa shape index (κ1) is 13.0. The van der Waals surface area contributed by atoms with Crippen molar-refractivity contribution in [3.8, 4) is 0 Å². The molecule has 0 saturated heterocycles. The van der Waals surface area contributed by atoms with Crippen LogP contribution in [0.2, 0.25) is 5.02 Å². The lowest BCUT2D eigenvalue weighted by atomic mass is 10.2. The summed E-state index contributed by atoms with van der Waals surface area (Å²) in [5.74, 6) is -0.836. The van der Waals surface area contributed by atoms with E-state index in [9.17, 15) is 9.59 Å². The quantitative estimate of drug-likeness (QED) is 0.855. The van der Waals surface area contributed by atoms with E-state index < -0.39 is 5.97 Å². The molecule has 86 valence electrons. The number of halogens is 2. The molecule has 1 rings (SSSR count). The number of hydrogen-bond donors (Lipinski definition) is 1. The van der Waals surface area contributed by atoms with Gasteiger partial charge in [-0.2, -0.15) is 0 Å². The van der Waals surface area contributed by atoms with Crippen LogP contribution in [0.3, 0.4) is 0 Å². The van der Waals surface area contributed by atoms with Crippen molar-refractivity contribution in [3.63, 3.8) is 0 Å². The smallest absolute Gasteiger partial charge is 0.340 e. The number of nitrogens with one attached hydrogen (secondary N) is 1. The summed E-state index contributed by atoms with van der Waals surface area (Å²) in [6.07, 6.45) is 0. The van der Waals surface area contributed by atoms with Gasteiger partial charge in [-0.1, -0.05) is 11.6 Å². The molecule has 4 nitrogen and oxygen atoms in total. The molecule has 1 N–H and O–H groups in total. The van der Waals surface area contributed by atoms with Crippen LogP contribution in [0.4, 0.5) is 5.69 Å². The number of carbonyl (C=O) groups excluding carboxylic acids is 2. The van der Waals surface area contributed by atoms with E-state index in [0.29, 0.717) is 15.2 Å². The van der Waals surface area contributed by atoms with E-state index in [-0.39, 0.29) is 11.5 Å². The largest absolute Gasteiger partial charge is 0.465 e. The van der Waals surface area contributed by atoms with Gasteiger partial charge in [0.25, 0.3) is 0 Å². The fourth-order valence-corrected chi connectivity index (χ4v) is 1.63. The average Bonchev–Trinajstić information content (AvgIpc) is 2.21. The van der Waals surface area contributed by atoms with Gasteiger partial charge < -0.3 is 10.1 Å². The molecule has 0 unspecified atom stereocenters. The molecule has 1 aromatic rings. The molecule has 1 aromatic carbocycles. The zero-order chi connectivity index (χ0) is 12.3. The SMILES string of the molecule is COC(=O)c1cc(Cl)c(Br)cc1NC(C)=O. The first-order valence-electron chi connectivity index (χ1n) is 4.30. The molecule has 16 heavy (non-hydrogen) atoms. The number of esters is 1. The van der Waals surface area contributed by atoms with Crippen molar-refractivity contribution in [2.45, 2.75) is 6.92 Å². The predicted molar refractivity (Wildman–Crippen MR) is 64.8 cm³/mol. The molecule has 0 heterocycles. The van der Waals surface area contributed by atoms with E-state index in [1.165, 1.54) is 20.1 Å². The number of anilines is 1. The standard InChI is InChI=1S/C10H9BrClNO3/c1-5(14)13-9-4-7(11)8(12)3-6(9)10(15)16-2/h3-4H,1-2H3,(H,13,14). The van der Waals surface area contributed by atoms with E-state index in [1.807, 2.05) is 0 Å². The van der Waals surface area contributed by atoms with Gasteiger partial charge in [-0.3, -0.25) is 4.79 Å². The second kappa shape index (κ2) is 5.32. The van der Waals surface area contributed by atoms with Crippen LogP contribution in [0, 0.1) is 0 Å². The lowest BCUT2D eigenvalue weighted by molar-refractivity contribution is -0.114. The molecule has 0 saturated carbocycles. The van der Waals surface area contributed by atoms with Crippen LogP contribution in [-0.4, -0.2) is 19.0 Å². The Morgan fingerprint density at radius 2 is 2.06 bits per heavy atom. The Kier molecular flexibility index (Phi) is 4.32. The maximum absolute atomic E-state index is 11.4. The summed E-state index contributed by atoms with van der Waals surface area (Å²) < 4.78 is 5.18. The van der Waals surface area contributed by atoms with Crippen LogP contribution in [0.1, 0.15) is 17.3 Å². The molecule has 0 atom stereocenters. The van der Waals surface area contributed by atoms with Gasteiger partial charge in [0.2, 0.25) is 5.91 Å². The van der Waals surface area contributed by atoms with Crippen molar-refractivity contribution < 1.29 is 14.3 Å². The molecule has 0 aliphatic rings. The van der Waals surface area contributed by atoms with E-state index in [1.54, 1.807) is 6.07 Å². The Labute approximate surface area is 106 Å². The van der Waals surface area contributed by atoms with Crippen molar-refractivity contribution >= 4 is 45.1 Å². The predicted octanol–water partition coefficient (Wildman–Crippen LogP) is 2.85. The molecule has 0 aromatic heterocycles. The lowest BCUT2D eigenvalue weighted by Gasteiger charge is -2.09. The molecular formula is C10H9BrClNO3. The number of carbonyl (C=O) groups is 2. The summed E-state index contributed by atoms with van der Waals surface area (Å²) in [7, 11) is 1.26. The summed E-state index contributed by atoms with van der Waals surface area (Å²) in [4.78, 5) is 22.4. The minimum Gasteiger partial charge on any atom is -0.465 e. The number of benzene rings is 1. The lowest BCUT2D eigenvalue weighted by Crippen LogP contribution is -2.12. The van der Waals surface area contributed by atoms with E-state index in [4.69, 9.17) is 11.6 Å². The molecule has 6 heteroatoms. The summed E-state index contributed by atoms with van der Waals surface area (Å²) >= 11 is 9.06. The monoisotopic (exact) mass is 305 g/mol. The third-order valence-corrected chi connectivity index (χ3v) is 2.97. The van der Waals surface area contributed by atoms with Crippen LogP contribution in [0.5, 0.6) is 0 Å². The van der Waals surface area contributed by atoms with Crippen molar-refractivity contribution in [2.75, 3.05) is 12.4 Å². The Balaban J connectivity index is 3.27. The number of ether oxygens (including phenoxy) is 1. The van der Waals surface area contributed by atoms with Crippen LogP contribution in [-0.2, 0) is 9.53 Å². The van der Waals surface area contributed by atoms with Crippen LogP contribution >= 0.6 is 27.5 Å². The van der Waals surface area contributed by atoms with Gasteiger partial charge in [0.05, 0.1) is 23.4 Å². The number of methoxy groups -OCH3 is 1. The highest BCUT2D eigenvalue weighted by Crippen LogP contribution is 2.29. The Bertz CT molecular complexity index is 448. The zero-order valence-corrected chi connectivity index (χ0v) is 11.0. The second-order valence-corrected chi connectivity index (χ2v) is 4.25. The zero-order valence-electron chi connectivity index (χ0n) is 8.64. The van der Waals surface area contributed by atoms with Crippen molar-refractivity contribution in [1.29, 1.82) is 0 Å². The third-order valence-electron chi connectivity index (χ3n) is 1.78. The molecule has 0 bridgehead atoms. The Hall–Kier alpha value is -1.07. The van der Waals surface area contributed by atoms with Gasteiger partial charge in [0, 0.05) is 11.4 Å². The Morgan fingerprint density at radius 1 is 1.44 bits per heavy atom. The maximum atomic E-state index is 11.4. The van der Waals surface area contributed by atoms with Crippen LogP contribution in [0.25, 0.3) is 0 Å². The first-order valence-corrected chi connectivity index (χ1v) is 5.47. The highest BCUT2D eigenvalue weighted by atomic mass is 79.9. The average molecular weight is 307 g/mol. The minimum atomic E-state index is -0.557. The van der Waals surface area contributed by atoms with Crippen molar-refractivity contribution in [3.05, 3.63) is 27.2 Å². The molecular weight excluding hydrogens is 297 g/mol. The number of hydrogen-bond acceptors (Lipinski definition) is 3. The Morgan fingerprint density at radius 3 is 2.56 bits per heavy atom. The third kappa shape index (κ3) is 2.96. The van der Waals surface area contributed by atoms with Gasteiger partial charge in [-0.15, -0.1) is 0 Å². The van der Waals surface area contributed by atoms with E-state index in [0.717, 1.165) is 0 Å². The van der Waals surface area contributed by atoms with Gasteiger partial charge in [0.15, 0.2) is 0 Å². The fraction of sp³-hybridized carbons (Fsp3) is 0.200. The minimum absolute atomic E-state index is 0.214. The van der Waals surface area contributed by atoms with E-state index in [2.05, 4.69) is 26.0 Å². The van der Waals surface area contributed by atoms with E-state index >= 15 is 0 Å². The molecule has 0 aliphatic carbocycles. The summed E-state index contributed by atoms with van der Waals surface area (Å²) in [6, 6.07) is 2.98. The van der Waals surface area contributed by atoms with Gasteiger partial charge in [-0.25, -0.2) is 4.79 Å². The highest BCUT2D eigenvalue weighted by molar-refractivity contribution is 9.10. The van der Waals surface area contributed by atoms with Crippen molar-refractivity contribution in [1.82, 2.24) is 0 Å².